The van der Waals surface area contributed by atoms with Gasteiger partial charge in [0, 0.05) is 25.2 Å². The number of hydrogen-bond donors (Lipinski definition) is 1. The van der Waals surface area contributed by atoms with Crippen LogP contribution in [0.15, 0.2) is 0 Å². The summed E-state index contributed by atoms with van der Waals surface area (Å²) in [6.45, 7) is 9.18. The molecule has 1 aliphatic carbocycles. The lowest BCUT2D eigenvalue weighted by molar-refractivity contribution is 0.101. The molecule has 0 bridgehead atoms. The first-order valence-electron chi connectivity index (χ1n) is 6.02. The van der Waals surface area contributed by atoms with Crippen LogP contribution in [0.3, 0.4) is 0 Å². The molecule has 2 atom stereocenters. The maximum atomic E-state index is 6.28. The molecule has 0 aliphatic heterocycles. The summed E-state index contributed by atoms with van der Waals surface area (Å²) < 4.78 is 5.37. The molecular formula is C12H26N2O. The van der Waals surface area contributed by atoms with Crippen molar-refractivity contribution in [1.29, 1.82) is 0 Å². The summed E-state index contributed by atoms with van der Waals surface area (Å²) in [6.07, 6.45) is 2.45. The van der Waals surface area contributed by atoms with E-state index in [9.17, 15) is 0 Å². The molecule has 0 aromatic heterocycles. The smallest absolute Gasteiger partial charge is 0.0593 e. The van der Waals surface area contributed by atoms with E-state index in [4.69, 9.17) is 10.5 Å². The number of hydrogen-bond acceptors (Lipinski definition) is 3. The number of ether oxygens (including phenoxy) is 1. The lowest BCUT2D eigenvalue weighted by atomic mass is 9.87. The molecule has 1 saturated carbocycles. The van der Waals surface area contributed by atoms with Gasteiger partial charge in [-0.1, -0.05) is 13.8 Å². The summed E-state index contributed by atoms with van der Waals surface area (Å²) >= 11 is 0. The Morgan fingerprint density at radius 2 is 2.13 bits per heavy atom. The Labute approximate surface area is 94.0 Å². The molecule has 0 aromatic rings. The van der Waals surface area contributed by atoms with E-state index < -0.39 is 0 Å². The quantitative estimate of drug-likeness (QED) is 0.704. The third kappa shape index (κ3) is 3.16. The van der Waals surface area contributed by atoms with Crippen molar-refractivity contribution < 1.29 is 4.74 Å². The summed E-state index contributed by atoms with van der Waals surface area (Å²) in [7, 11) is 2.16. The highest BCUT2D eigenvalue weighted by molar-refractivity contribution is 4.98. The minimum absolute atomic E-state index is 0.295. The van der Waals surface area contributed by atoms with Crippen molar-refractivity contribution in [3.05, 3.63) is 0 Å². The van der Waals surface area contributed by atoms with Gasteiger partial charge in [-0.25, -0.2) is 0 Å². The normalized spacial score (nSPS) is 30.0. The summed E-state index contributed by atoms with van der Waals surface area (Å²) in [6, 6.07) is 0.824. The molecule has 1 aliphatic rings. The van der Waals surface area contributed by atoms with Gasteiger partial charge in [-0.15, -0.1) is 0 Å². The van der Waals surface area contributed by atoms with Gasteiger partial charge in [-0.05, 0) is 32.2 Å². The fourth-order valence-electron chi connectivity index (χ4n) is 2.40. The minimum Gasteiger partial charge on any atom is -0.380 e. The van der Waals surface area contributed by atoms with Gasteiger partial charge in [0.2, 0.25) is 0 Å². The second-order valence-electron chi connectivity index (χ2n) is 5.30. The maximum absolute atomic E-state index is 6.28. The first kappa shape index (κ1) is 12.9. The van der Waals surface area contributed by atoms with Crippen LogP contribution < -0.4 is 5.73 Å². The maximum Gasteiger partial charge on any atom is 0.0593 e. The number of nitrogens with two attached hydrogens (primary N) is 1. The Morgan fingerprint density at radius 3 is 2.60 bits per heavy atom. The molecule has 0 amide bonds. The van der Waals surface area contributed by atoms with E-state index in [0.29, 0.717) is 17.5 Å². The van der Waals surface area contributed by atoms with Crippen molar-refractivity contribution >= 4 is 0 Å². The third-order valence-corrected chi connectivity index (χ3v) is 3.76. The molecule has 0 heterocycles. The number of likely N-dealkylation sites (N-methyl/N-ethyl adjacent to an activating group) is 1. The Morgan fingerprint density at radius 1 is 1.47 bits per heavy atom. The standard InChI is InChI=1S/C12H26N2O/c1-5-15-9-8-14(4)10-6-7-12(2,3)11(10)13/h10-11H,5-9,13H2,1-4H3. The molecule has 1 fully saturated rings. The predicted octanol–water partition coefficient (Wildman–Crippen LogP) is 1.47. The highest BCUT2D eigenvalue weighted by Gasteiger charge is 2.40. The van der Waals surface area contributed by atoms with E-state index in [0.717, 1.165) is 19.8 Å². The van der Waals surface area contributed by atoms with E-state index in [1.54, 1.807) is 0 Å². The van der Waals surface area contributed by atoms with E-state index in [-0.39, 0.29) is 0 Å². The zero-order valence-corrected chi connectivity index (χ0v) is 10.6. The Kier molecular flexibility index (Phi) is 4.56. The average molecular weight is 214 g/mol. The molecule has 15 heavy (non-hydrogen) atoms. The second-order valence-corrected chi connectivity index (χ2v) is 5.30. The first-order chi connectivity index (χ1) is 6.99. The molecule has 3 nitrogen and oxygen atoms in total. The third-order valence-electron chi connectivity index (χ3n) is 3.76. The SMILES string of the molecule is CCOCCN(C)C1CCC(C)(C)C1N. The van der Waals surface area contributed by atoms with Gasteiger partial charge in [0.15, 0.2) is 0 Å². The molecule has 3 heteroatoms. The monoisotopic (exact) mass is 214 g/mol. The largest absolute Gasteiger partial charge is 0.380 e. The van der Waals surface area contributed by atoms with E-state index >= 15 is 0 Å². The van der Waals surface area contributed by atoms with Crippen LogP contribution in [0.1, 0.15) is 33.6 Å². The van der Waals surface area contributed by atoms with Crippen molar-refractivity contribution in [3.8, 4) is 0 Å². The summed E-state index contributed by atoms with van der Waals surface area (Å²) in [4.78, 5) is 2.36. The summed E-state index contributed by atoms with van der Waals surface area (Å²) in [5.74, 6) is 0. The first-order valence-corrected chi connectivity index (χ1v) is 6.02. The lowest BCUT2D eigenvalue weighted by Crippen LogP contribution is -2.48. The zero-order chi connectivity index (χ0) is 11.5. The van der Waals surface area contributed by atoms with Crippen molar-refractivity contribution in [2.24, 2.45) is 11.1 Å². The van der Waals surface area contributed by atoms with Gasteiger partial charge in [-0.2, -0.15) is 0 Å². The molecule has 0 radical (unpaired) electrons. The van der Waals surface area contributed by atoms with Crippen LogP contribution in [0.5, 0.6) is 0 Å². The van der Waals surface area contributed by atoms with Crippen LogP contribution in [0.2, 0.25) is 0 Å². The number of rotatable bonds is 5. The Hall–Kier alpha value is -0.120. The van der Waals surface area contributed by atoms with Gasteiger partial charge in [0.05, 0.1) is 6.61 Å². The topological polar surface area (TPSA) is 38.5 Å². The molecule has 1 rings (SSSR count). The Bertz CT molecular complexity index is 194. The van der Waals surface area contributed by atoms with Gasteiger partial charge < -0.3 is 10.5 Å². The van der Waals surface area contributed by atoms with Gasteiger partial charge in [-0.3, -0.25) is 4.90 Å². The molecule has 0 spiro atoms. The fraction of sp³-hybridized carbons (Fsp3) is 1.00. The molecule has 0 saturated heterocycles. The average Bonchev–Trinajstić information content (AvgIpc) is 2.43. The predicted molar refractivity (Wildman–Crippen MR) is 63.9 cm³/mol. The van der Waals surface area contributed by atoms with Crippen molar-refractivity contribution in [1.82, 2.24) is 4.90 Å². The van der Waals surface area contributed by atoms with E-state index in [1.807, 2.05) is 6.92 Å². The van der Waals surface area contributed by atoms with Crippen molar-refractivity contribution in [2.75, 3.05) is 26.8 Å². The van der Waals surface area contributed by atoms with Gasteiger partial charge in [0.25, 0.3) is 0 Å². The van der Waals surface area contributed by atoms with Gasteiger partial charge in [0.1, 0.15) is 0 Å². The molecule has 90 valence electrons. The summed E-state index contributed by atoms with van der Waals surface area (Å²) in [5, 5.41) is 0. The highest BCUT2D eigenvalue weighted by Crippen LogP contribution is 2.37. The molecule has 2 N–H and O–H groups in total. The van der Waals surface area contributed by atoms with Crippen molar-refractivity contribution in [3.63, 3.8) is 0 Å². The molecular weight excluding hydrogens is 188 g/mol. The second kappa shape index (κ2) is 5.28. The summed E-state index contributed by atoms with van der Waals surface area (Å²) in [5.41, 5.74) is 6.58. The van der Waals surface area contributed by atoms with Crippen molar-refractivity contribution in [2.45, 2.75) is 45.7 Å². The van der Waals surface area contributed by atoms with E-state index in [1.165, 1.54) is 12.8 Å². The van der Waals surface area contributed by atoms with Crippen LogP contribution >= 0.6 is 0 Å². The highest BCUT2D eigenvalue weighted by atomic mass is 16.5. The number of nitrogens with zero attached hydrogens (tertiary/aromatic N) is 1. The van der Waals surface area contributed by atoms with Crippen LogP contribution in [0, 0.1) is 5.41 Å². The Balaban J connectivity index is 2.37. The molecule has 0 aromatic carbocycles. The minimum atomic E-state index is 0.295. The van der Waals surface area contributed by atoms with Crippen LogP contribution in [0.25, 0.3) is 0 Å². The lowest BCUT2D eigenvalue weighted by Gasteiger charge is -2.32. The van der Waals surface area contributed by atoms with Crippen LogP contribution in [-0.4, -0.2) is 43.8 Å². The van der Waals surface area contributed by atoms with E-state index in [2.05, 4.69) is 25.8 Å². The molecule has 2 unspecified atom stereocenters. The van der Waals surface area contributed by atoms with Crippen LogP contribution in [0.4, 0.5) is 0 Å². The van der Waals surface area contributed by atoms with Crippen LogP contribution in [-0.2, 0) is 4.74 Å². The zero-order valence-electron chi connectivity index (χ0n) is 10.6. The van der Waals surface area contributed by atoms with Gasteiger partial charge >= 0.3 is 0 Å². The fourth-order valence-corrected chi connectivity index (χ4v) is 2.40.